The summed E-state index contributed by atoms with van der Waals surface area (Å²) < 4.78 is 6.65. The molecule has 8 nitrogen and oxygen atoms in total. The zero-order chi connectivity index (χ0) is 27.1. The van der Waals surface area contributed by atoms with Gasteiger partial charge in [0, 0.05) is 29.2 Å². The summed E-state index contributed by atoms with van der Waals surface area (Å²) in [5.74, 6) is 0.537. The van der Waals surface area contributed by atoms with E-state index in [1.54, 1.807) is 67.8 Å². The Balaban J connectivity index is 1.51. The van der Waals surface area contributed by atoms with Crippen molar-refractivity contribution < 1.29 is 14.3 Å². The molecular weight excluding hydrogens is 502 g/mol. The number of methoxy groups -OCH3 is 1. The minimum atomic E-state index is -0.343. The molecule has 38 heavy (non-hydrogen) atoms. The lowest BCUT2D eigenvalue weighted by atomic mass is 10.0. The highest BCUT2D eigenvalue weighted by atomic mass is 35.5. The van der Waals surface area contributed by atoms with E-state index >= 15 is 0 Å². The molecule has 0 aliphatic heterocycles. The molecule has 0 saturated carbocycles. The van der Waals surface area contributed by atoms with Crippen LogP contribution in [0.4, 0.5) is 5.82 Å². The fraction of sp³-hybridized carbons (Fsp3) is 0.172. The number of ketones is 1. The van der Waals surface area contributed by atoms with Crippen LogP contribution in [0.15, 0.2) is 72.8 Å². The molecule has 2 N–H and O–H groups in total. The molecule has 0 unspecified atom stereocenters. The number of amides is 1. The molecule has 0 saturated heterocycles. The Morgan fingerprint density at radius 2 is 1.63 bits per heavy atom. The van der Waals surface area contributed by atoms with Crippen molar-refractivity contribution in [3.63, 3.8) is 0 Å². The molecule has 192 valence electrons. The molecule has 0 aliphatic carbocycles. The molecule has 0 bridgehead atoms. The number of ether oxygens (including phenoxy) is 1. The molecular formula is C29H26ClN5O3. The normalized spacial score (nSPS) is 10.5. The molecule has 0 aliphatic rings. The van der Waals surface area contributed by atoms with Gasteiger partial charge in [-0.3, -0.25) is 9.59 Å². The van der Waals surface area contributed by atoms with Gasteiger partial charge in [-0.2, -0.15) is 10.4 Å². The number of halogens is 1. The predicted octanol–water partition coefficient (Wildman–Crippen LogP) is 5.18. The first kappa shape index (κ1) is 26.5. The van der Waals surface area contributed by atoms with Gasteiger partial charge in [-0.25, -0.2) is 4.68 Å². The fourth-order valence-electron chi connectivity index (χ4n) is 3.80. The standard InChI is InChI=1S/C29H26ClN5O3/c1-19-4-6-20(7-5-19)27(36)26-25(18-31)28(35(34-26)23-12-10-22(30)11-13-23)32-16-3-17-33-29(37)21-8-14-24(38-2)15-9-21/h4-15,32H,3,16-17H2,1-2H3,(H,33,37). The summed E-state index contributed by atoms with van der Waals surface area (Å²) in [5, 5.41) is 21.2. The van der Waals surface area contributed by atoms with E-state index in [9.17, 15) is 14.9 Å². The number of aromatic nitrogens is 2. The third-order valence-corrected chi connectivity index (χ3v) is 6.13. The second kappa shape index (κ2) is 12.1. The van der Waals surface area contributed by atoms with Crippen molar-refractivity contribution in [1.29, 1.82) is 5.26 Å². The van der Waals surface area contributed by atoms with Crippen molar-refractivity contribution >= 4 is 29.1 Å². The van der Waals surface area contributed by atoms with Crippen molar-refractivity contribution in [2.24, 2.45) is 0 Å². The number of hydrogen-bond acceptors (Lipinski definition) is 6. The van der Waals surface area contributed by atoms with Crippen molar-refractivity contribution in [3.05, 3.63) is 106 Å². The van der Waals surface area contributed by atoms with Crippen LogP contribution in [0.3, 0.4) is 0 Å². The summed E-state index contributed by atoms with van der Waals surface area (Å²) in [6, 6.07) is 23.1. The molecule has 1 amide bonds. The van der Waals surface area contributed by atoms with Gasteiger partial charge in [-0.15, -0.1) is 0 Å². The van der Waals surface area contributed by atoms with Crippen molar-refractivity contribution in [3.8, 4) is 17.5 Å². The smallest absolute Gasteiger partial charge is 0.251 e. The SMILES string of the molecule is COc1ccc(C(=O)NCCCNc2c(C#N)c(C(=O)c3ccc(C)cc3)nn2-c2ccc(Cl)cc2)cc1. The topological polar surface area (TPSA) is 109 Å². The van der Waals surface area contributed by atoms with E-state index in [1.807, 2.05) is 19.1 Å². The number of carbonyl (C=O) groups is 2. The van der Waals surface area contributed by atoms with Gasteiger partial charge in [0.15, 0.2) is 5.69 Å². The zero-order valence-corrected chi connectivity index (χ0v) is 21.7. The Kier molecular flexibility index (Phi) is 8.41. The van der Waals surface area contributed by atoms with Gasteiger partial charge in [0.2, 0.25) is 5.78 Å². The highest BCUT2D eigenvalue weighted by Crippen LogP contribution is 2.26. The number of hydrogen-bond donors (Lipinski definition) is 2. The predicted molar refractivity (Wildman–Crippen MR) is 146 cm³/mol. The highest BCUT2D eigenvalue weighted by Gasteiger charge is 2.25. The summed E-state index contributed by atoms with van der Waals surface area (Å²) in [5.41, 5.74) is 2.85. The number of nitriles is 1. The van der Waals surface area contributed by atoms with Gasteiger partial charge in [-0.05, 0) is 61.9 Å². The Labute approximate surface area is 225 Å². The van der Waals surface area contributed by atoms with Gasteiger partial charge in [0.05, 0.1) is 12.8 Å². The summed E-state index contributed by atoms with van der Waals surface area (Å²) in [7, 11) is 1.57. The van der Waals surface area contributed by atoms with E-state index in [2.05, 4.69) is 21.8 Å². The lowest BCUT2D eigenvalue weighted by molar-refractivity contribution is 0.0952. The minimum Gasteiger partial charge on any atom is -0.497 e. The van der Waals surface area contributed by atoms with Gasteiger partial charge >= 0.3 is 0 Å². The highest BCUT2D eigenvalue weighted by molar-refractivity contribution is 6.30. The van der Waals surface area contributed by atoms with Crippen LogP contribution in [-0.2, 0) is 0 Å². The molecule has 4 rings (SSSR count). The molecule has 0 fully saturated rings. The van der Waals surface area contributed by atoms with E-state index in [0.29, 0.717) is 52.9 Å². The third-order valence-electron chi connectivity index (χ3n) is 5.88. The van der Waals surface area contributed by atoms with E-state index in [0.717, 1.165) is 5.56 Å². The first-order valence-corrected chi connectivity index (χ1v) is 12.4. The number of nitrogens with zero attached hydrogens (tertiary/aromatic N) is 3. The van der Waals surface area contributed by atoms with E-state index in [-0.39, 0.29) is 22.9 Å². The maximum absolute atomic E-state index is 13.3. The van der Waals surface area contributed by atoms with Crippen LogP contribution in [0.1, 0.15) is 44.0 Å². The lowest BCUT2D eigenvalue weighted by Crippen LogP contribution is -2.26. The fourth-order valence-corrected chi connectivity index (χ4v) is 3.92. The first-order valence-electron chi connectivity index (χ1n) is 12.0. The van der Waals surface area contributed by atoms with Crippen molar-refractivity contribution in [2.75, 3.05) is 25.5 Å². The second-order valence-corrected chi connectivity index (χ2v) is 8.97. The van der Waals surface area contributed by atoms with Crippen LogP contribution < -0.4 is 15.4 Å². The number of anilines is 1. The summed E-state index contributed by atoms with van der Waals surface area (Å²) in [4.78, 5) is 25.7. The molecule has 3 aromatic carbocycles. The molecule has 4 aromatic rings. The van der Waals surface area contributed by atoms with Crippen LogP contribution in [0.2, 0.25) is 5.02 Å². The molecule has 1 aromatic heterocycles. The summed E-state index contributed by atoms with van der Waals surface area (Å²) in [6.07, 6.45) is 0.569. The number of benzene rings is 3. The van der Waals surface area contributed by atoms with Gasteiger partial charge in [0.1, 0.15) is 23.2 Å². The number of rotatable bonds is 10. The molecule has 0 atom stereocenters. The average molecular weight is 528 g/mol. The largest absolute Gasteiger partial charge is 0.497 e. The van der Waals surface area contributed by atoms with Gasteiger partial charge in [-0.1, -0.05) is 41.4 Å². The Bertz CT molecular complexity index is 1470. The quantitative estimate of drug-likeness (QED) is 0.217. The van der Waals surface area contributed by atoms with Crippen molar-refractivity contribution in [2.45, 2.75) is 13.3 Å². The second-order valence-electron chi connectivity index (χ2n) is 8.53. The minimum absolute atomic E-state index is 0.0570. The average Bonchev–Trinajstić information content (AvgIpc) is 3.31. The van der Waals surface area contributed by atoms with Crippen LogP contribution >= 0.6 is 11.6 Å². The summed E-state index contributed by atoms with van der Waals surface area (Å²) >= 11 is 6.06. The monoisotopic (exact) mass is 527 g/mol. The van der Waals surface area contributed by atoms with Crippen LogP contribution in [0.5, 0.6) is 5.75 Å². The Hall–Kier alpha value is -4.61. The van der Waals surface area contributed by atoms with Crippen molar-refractivity contribution in [1.82, 2.24) is 15.1 Å². The number of nitrogens with one attached hydrogen (secondary N) is 2. The Morgan fingerprint density at radius 3 is 2.26 bits per heavy atom. The van der Waals surface area contributed by atoms with E-state index < -0.39 is 0 Å². The molecule has 9 heteroatoms. The zero-order valence-electron chi connectivity index (χ0n) is 21.0. The molecule has 1 heterocycles. The third kappa shape index (κ3) is 6.02. The van der Waals surface area contributed by atoms with Crippen LogP contribution in [0.25, 0.3) is 5.69 Å². The molecule has 0 spiro atoms. The lowest BCUT2D eigenvalue weighted by Gasteiger charge is -2.11. The number of aryl methyl sites for hydroxylation is 1. The van der Waals surface area contributed by atoms with Gasteiger partial charge in [0.25, 0.3) is 5.91 Å². The molecule has 0 radical (unpaired) electrons. The van der Waals surface area contributed by atoms with E-state index in [1.165, 1.54) is 4.68 Å². The summed E-state index contributed by atoms with van der Waals surface area (Å²) in [6.45, 7) is 2.77. The Morgan fingerprint density at radius 1 is 0.974 bits per heavy atom. The first-order chi connectivity index (χ1) is 18.4. The van der Waals surface area contributed by atoms with Crippen LogP contribution in [-0.4, -0.2) is 41.7 Å². The van der Waals surface area contributed by atoms with Gasteiger partial charge < -0.3 is 15.4 Å². The van der Waals surface area contributed by atoms with E-state index in [4.69, 9.17) is 16.3 Å². The number of carbonyl (C=O) groups excluding carboxylic acids is 2. The van der Waals surface area contributed by atoms with Crippen LogP contribution in [0, 0.1) is 18.3 Å². The maximum Gasteiger partial charge on any atom is 0.251 e. The maximum atomic E-state index is 13.3.